The van der Waals surface area contributed by atoms with Gasteiger partial charge in [0.2, 0.25) is 0 Å². The zero-order chi connectivity index (χ0) is 26.2. The molecule has 0 radical (unpaired) electrons. The van der Waals surface area contributed by atoms with Gasteiger partial charge >= 0.3 is 0 Å². The molecule has 3 rings (SSSR count). The lowest BCUT2D eigenvalue weighted by molar-refractivity contribution is 0.405. The summed E-state index contributed by atoms with van der Waals surface area (Å²) < 4.78 is 6.26. The summed E-state index contributed by atoms with van der Waals surface area (Å²) in [6.07, 6.45) is 2.87. The first-order chi connectivity index (χ1) is 17.2. The monoisotopic (exact) mass is 498 g/mol. The largest absolute Gasteiger partial charge is 0.457 e. The number of allylic oxidation sites excluding steroid dienone is 1. The van der Waals surface area contributed by atoms with Crippen molar-refractivity contribution in [2.24, 2.45) is 10.9 Å². The number of ether oxygens (including phenoxy) is 1. The van der Waals surface area contributed by atoms with E-state index < -0.39 is 0 Å². The minimum absolute atomic E-state index is 0.370. The summed E-state index contributed by atoms with van der Waals surface area (Å²) in [6, 6.07) is 17.7. The van der Waals surface area contributed by atoms with Crippen LogP contribution in [0.2, 0.25) is 0 Å². The van der Waals surface area contributed by atoms with Crippen molar-refractivity contribution in [1.29, 1.82) is 5.26 Å². The molecule has 0 aliphatic heterocycles. The van der Waals surface area contributed by atoms with Crippen molar-refractivity contribution in [3.8, 4) is 22.4 Å². The minimum atomic E-state index is 0.370. The first kappa shape index (κ1) is 27.1. The van der Waals surface area contributed by atoms with Gasteiger partial charge in [0.25, 0.3) is 0 Å². The number of hydrogen-bond donors (Lipinski definition) is 0. The van der Waals surface area contributed by atoms with Crippen LogP contribution in [0, 0.1) is 24.2 Å². The molecule has 36 heavy (non-hydrogen) atoms. The van der Waals surface area contributed by atoms with Crippen molar-refractivity contribution in [3.63, 3.8) is 0 Å². The Labute approximate surface area is 219 Å². The number of aromatic nitrogens is 1. The van der Waals surface area contributed by atoms with Gasteiger partial charge in [-0.25, -0.2) is 4.98 Å². The number of thiazole rings is 1. The Balaban J connectivity index is 2.01. The second-order valence-corrected chi connectivity index (χ2v) is 10.2. The molecule has 1 unspecified atom stereocenters. The number of nitrogens with zero attached hydrogens (tertiary/aromatic N) is 4. The topological polar surface area (TPSA) is 61.5 Å². The van der Waals surface area contributed by atoms with Gasteiger partial charge in [0.05, 0.1) is 28.6 Å². The van der Waals surface area contributed by atoms with Gasteiger partial charge in [-0.05, 0) is 58.5 Å². The number of aryl methyl sites for hydroxylation is 1. The molecule has 2 aromatic carbocycles. The molecule has 1 heterocycles. The van der Waals surface area contributed by atoms with Gasteiger partial charge in [-0.2, -0.15) is 5.26 Å². The SMILES string of the molecule is C=C(/C=C(\N=C(C)C(C)CC)c1ccccc1)Oc1cc(C#N)ccc1-c1nc(C)c(CN(C)C)s1. The van der Waals surface area contributed by atoms with E-state index in [2.05, 4.69) is 38.3 Å². The highest BCUT2D eigenvalue weighted by molar-refractivity contribution is 7.15. The molecule has 0 amide bonds. The molecular weight excluding hydrogens is 464 g/mol. The average Bonchev–Trinajstić information content (AvgIpc) is 3.22. The van der Waals surface area contributed by atoms with Gasteiger partial charge in [0.15, 0.2) is 0 Å². The highest BCUT2D eigenvalue weighted by atomic mass is 32.1. The second-order valence-electron chi connectivity index (χ2n) is 9.11. The molecule has 186 valence electrons. The smallest absolute Gasteiger partial charge is 0.138 e. The number of benzene rings is 2. The Morgan fingerprint density at radius 3 is 2.61 bits per heavy atom. The van der Waals surface area contributed by atoms with Gasteiger partial charge < -0.3 is 9.64 Å². The van der Waals surface area contributed by atoms with Crippen LogP contribution < -0.4 is 4.74 Å². The van der Waals surface area contributed by atoms with E-state index in [9.17, 15) is 5.26 Å². The molecule has 0 aliphatic rings. The summed E-state index contributed by atoms with van der Waals surface area (Å²) in [6.45, 7) is 13.4. The second kappa shape index (κ2) is 12.4. The highest BCUT2D eigenvalue weighted by Crippen LogP contribution is 2.36. The van der Waals surface area contributed by atoms with Crippen molar-refractivity contribution in [2.45, 2.75) is 40.7 Å². The van der Waals surface area contributed by atoms with Crippen LogP contribution in [0.4, 0.5) is 0 Å². The first-order valence-electron chi connectivity index (χ1n) is 12.1. The van der Waals surface area contributed by atoms with Crippen LogP contribution in [0.1, 0.15) is 48.9 Å². The van der Waals surface area contributed by atoms with Crippen LogP contribution >= 0.6 is 11.3 Å². The van der Waals surface area contributed by atoms with Crippen LogP contribution in [0.25, 0.3) is 16.3 Å². The molecular formula is C30H34N4OS. The lowest BCUT2D eigenvalue weighted by Crippen LogP contribution is -2.10. The van der Waals surface area contributed by atoms with E-state index in [1.807, 2.05) is 63.5 Å². The number of rotatable bonds is 10. The van der Waals surface area contributed by atoms with E-state index in [4.69, 9.17) is 14.7 Å². The van der Waals surface area contributed by atoms with Gasteiger partial charge in [-0.3, -0.25) is 4.99 Å². The van der Waals surface area contributed by atoms with E-state index in [1.165, 1.54) is 4.88 Å². The molecule has 0 saturated heterocycles. The number of hydrogen-bond acceptors (Lipinski definition) is 6. The molecule has 0 N–H and O–H groups in total. The van der Waals surface area contributed by atoms with Crippen LogP contribution in [-0.2, 0) is 6.54 Å². The Kier molecular flexibility index (Phi) is 9.35. The van der Waals surface area contributed by atoms with E-state index >= 15 is 0 Å². The summed E-state index contributed by atoms with van der Waals surface area (Å²) >= 11 is 1.64. The first-order valence-corrected chi connectivity index (χ1v) is 12.9. The molecule has 5 nitrogen and oxygen atoms in total. The predicted molar refractivity (Wildman–Crippen MR) is 151 cm³/mol. The van der Waals surface area contributed by atoms with Gasteiger partial charge in [0, 0.05) is 28.8 Å². The zero-order valence-corrected chi connectivity index (χ0v) is 22.8. The average molecular weight is 499 g/mol. The summed E-state index contributed by atoms with van der Waals surface area (Å²) in [5.74, 6) is 1.36. The van der Waals surface area contributed by atoms with Crippen molar-refractivity contribution in [1.82, 2.24) is 9.88 Å². The fraction of sp³-hybridized carbons (Fsp3) is 0.300. The highest BCUT2D eigenvalue weighted by Gasteiger charge is 2.16. The van der Waals surface area contributed by atoms with Crippen molar-refractivity contribution in [3.05, 3.63) is 88.6 Å². The normalized spacial score (nSPS) is 12.9. The van der Waals surface area contributed by atoms with E-state index in [-0.39, 0.29) is 0 Å². The summed E-state index contributed by atoms with van der Waals surface area (Å²) in [5.41, 5.74) is 5.18. The third-order valence-electron chi connectivity index (χ3n) is 5.92. The third kappa shape index (κ3) is 7.00. The fourth-order valence-electron chi connectivity index (χ4n) is 3.54. The molecule has 3 aromatic rings. The third-order valence-corrected chi connectivity index (χ3v) is 7.10. The van der Waals surface area contributed by atoms with Crippen LogP contribution in [0.15, 0.2) is 71.9 Å². The maximum Gasteiger partial charge on any atom is 0.138 e. The Bertz CT molecular complexity index is 1310. The molecule has 1 atom stereocenters. The Hall–Kier alpha value is -3.53. The van der Waals surface area contributed by atoms with E-state index in [0.717, 1.165) is 46.2 Å². The molecule has 0 bridgehead atoms. The lowest BCUT2D eigenvalue weighted by Gasteiger charge is -2.13. The molecule has 0 fully saturated rings. The zero-order valence-electron chi connectivity index (χ0n) is 22.0. The van der Waals surface area contributed by atoms with Crippen molar-refractivity contribution >= 4 is 22.7 Å². The number of aliphatic imine (C=N–C) groups is 1. The predicted octanol–water partition coefficient (Wildman–Crippen LogP) is 7.49. The number of nitriles is 1. The quantitative estimate of drug-likeness (QED) is 0.165. The van der Waals surface area contributed by atoms with Gasteiger partial charge in [-0.15, -0.1) is 11.3 Å². The van der Waals surface area contributed by atoms with Crippen molar-refractivity contribution in [2.75, 3.05) is 14.1 Å². The maximum atomic E-state index is 9.50. The Morgan fingerprint density at radius 1 is 1.25 bits per heavy atom. The summed E-state index contributed by atoms with van der Waals surface area (Å²) in [4.78, 5) is 13.0. The Morgan fingerprint density at radius 2 is 1.97 bits per heavy atom. The van der Waals surface area contributed by atoms with E-state index in [0.29, 0.717) is 23.0 Å². The summed E-state index contributed by atoms with van der Waals surface area (Å²) in [5, 5.41) is 10.4. The maximum absolute atomic E-state index is 9.50. The van der Waals surface area contributed by atoms with Gasteiger partial charge in [-0.1, -0.05) is 50.8 Å². The molecule has 0 spiro atoms. The van der Waals surface area contributed by atoms with Gasteiger partial charge in [0.1, 0.15) is 16.5 Å². The molecule has 0 saturated carbocycles. The molecule has 1 aromatic heterocycles. The lowest BCUT2D eigenvalue weighted by atomic mass is 10.0. The molecule has 0 aliphatic carbocycles. The van der Waals surface area contributed by atoms with E-state index in [1.54, 1.807) is 23.5 Å². The van der Waals surface area contributed by atoms with Crippen molar-refractivity contribution < 1.29 is 4.74 Å². The standard InChI is InChI=1S/C30H34N4OS/c1-8-20(2)22(4)32-27(25-12-10-9-11-13-25)16-21(3)35-28-17-24(18-31)14-15-26(28)30-33-23(5)29(36-30)19-34(6)7/h9-17,20H,3,8,19H2,1-2,4-7H3/b27-16-,32-22?. The van der Waals surface area contributed by atoms with Crippen LogP contribution in [0.5, 0.6) is 5.75 Å². The summed E-state index contributed by atoms with van der Waals surface area (Å²) in [7, 11) is 4.09. The van der Waals surface area contributed by atoms with Crippen LogP contribution in [0.3, 0.4) is 0 Å². The minimum Gasteiger partial charge on any atom is -0.457 e. The molecule has 6 heteroatoms. The van der Waals surface area contributed by atoms with Crippen LogP contribution in [-0.4, -0.2) is 29.7 Å². The fourth-order valence-corrected chi connectivity index (χ4v) is 4.75.